The van der Waals surface area contributed by atoms with Gasteiger partial charge in [0.1, 0.15) is 0 Å². The summed E-state index contributed by atoms with van der Waals surface area (Å²) < 4.78 is 9.81. The van der Waals surface area contributed by atoms with E-state index in [0.29, 0.717) is 30.8 Å². The number of ether oxygens (including phenoxy) is 2. The molecule has 1 aromatic carbocycles. The Balaban J connectivity index is 2.35. The average molecular weight is 306 g/mol. The van der Waals surface area contributed by atoms with E-state index in [2.05, 4.69) is 0 Å². The van der Waals surface area contributed by atoms with E-state index in [9.17, 15) is 14.9 Å². The summed E-state index contributed by atoms with van der Waals surface area (Å²) in [5.41, 5.74) is 2.00. The molecule has 22 heavy (non-hydrogen) atoms. The molecule has 0 saturated carbocycles. The fourth-order valence-electron chi connectivity index (χ4n) is 2.44. The lowest BCUT2D eigenvalue weighted by Crippen LogP contribution is -2.32. The Kier molecular flexibility index (Phi) is 5.11. The molecule has 0 unspecified atom stereocenters. The minimum absolute atomic E-state index is 0.00189. The van der Waals surface area contributed by atoms with Crippen molar-refractivity contribution in [3.05, 3.63) is 39.4 Å². The van der Waals surface area contributed by atoms with Gasteiger partial charge in [0.15, 0.2) is 0 Å². The first-order valence-electron chi connectivity index (χ1n) is 6.88. The van der Waals surface area contributed by atoms with Gasteiger partial charge < -0.3 is 14.4 Å². The molecule has 0 aromatic heterocycles. The maximum Gasteiger partial charge on any atom is 0.335 e. The van der Waals surface area contributed by atoms with Crippen molar-refractivity contribution in [2.75, 3.05) is 38.8 Å². The molecule has 2 rings (SSSR count). The number of carbonyl (C=O) groups is 1. The number of methoxy groups -OCH3 is 2. The van der Waals surface area contributed by atoms with Gasteiger partial charge in [-0.15, -0.1) is 0 Å². The van der Waals surface area contributed by atoms with Crippen molar-refractivity contribution in [2.24, 2.45) is 0 Å². The molecule has 0 atom stereocenters. The molecule has 0 N–H and O–H groups in total. The Morgan fingerprint density at radius 3 is 2.82 bits per heavy atom. The maximum absolute atomic E-state index is 11.8. The second kappa shape index (κ2) is 7.04. The summed E-state index contributed by atoms with van der Waals surface area (Å²) in [4.78, 5) is 24.3. The number of nitrogens with zero attached hydrogens (tertiary/aromatic N) is 2. The van der Waals surface area contributed by atoms with Gasteiger partial charge in [-0.25, -0.2) is 4.79 Å². The molecule has 1 aromatic rings. The second-order valence-corrected chi connectivity index (χ2v) is 4.93. The van der Waals surface area contributed by atoms with Gasteiger partial charge in [-0.3, -0.25) is 10.1 Å². The Hall–Kier alpha value is -2.41. The van der Waals surface area contributed by atoms with Crippen LogP contribution in [-0.4, -0.2) is 44.8 Å². The summed E-state index contributed by atoms with van der Waals surface area (Å²) in [5.74, 6) is -0.422. The van der Waals surface area contributed by atoms with Crippen LogP contribution in [0.4, 0.5) is 11.4 Å². The predicted octanol–water partition coefficient (Wildman–Crippen LogP) is 2.01. The van der Waals surface area contributed by atoms with Crippen molar-refractivity contribution in [3.8, 4) is 0 Å². The van der Waals surface area contributed by atoms with Crippen LogP contribution in [0.15, 0.2) is 23.8 Å². The van der Waals surface area contributed by atoms with Crippen molar-refractivity contribution in [1.82, 2.24) is 0 Å². The molecule has 7 heteroatoms. The summed E-state index contributed by atoms with van der Waals surface area (Å²) in [6.45, 7) is 1.71. The predicted molar refractivity (Wildman–Crippen MR) is 81.8 cm³/mol. The highest BCUT2D eigenvalue weighted by molar-refractivity contribution is 5.97. The minimum Gasteiger partial charge on any atom is -0.466 e. The Bertz CT molecular complexity index is 612. The number of nitro benzene ring substituents is 1. The first kappa shape index (κ1) is 16.0. The molecule has 0 spiro atoms. The number of hydrogen-bond acceptors (Lipinski definition) is 6. The summed E-state index contributed by atoms with van der Waals surface area (Å²) in [7, 11) is 2.95. The molecule has 0 saturated heterocycles. The largest absolute Gasteiger partial charge is 0.466 e. The van der Waals surface area contributed by atoms with Crippen LogP contribution in [0.25, 0.3) is 6.08 Å². The molecule has 0 amide bonds. The number of hydrogen-bond donors (Lipinski definition) is 0. The van der Waals surface area contributed by atoms with Crippen LogP contribution in [0.3, 0.4) is 0 Å². The van der Waals surface area contributed by atoms with Gasteiger partial charge in [0, 0.05) is 43.6 Å². The third kappa shape index (κ3) is 3.43. The molecular weight excluding hydrogens is 288 g/mol. The highest BCUT2D eigenvalue weighted by Crippen LogP contribution is 2.32. The second-order valence-electron chi connectivity index (χ2n) is 4.93. The normalized spacial score (nSPS) is 13.4. The number of fused-ring (bicyclic) bond motifs is 1. The topological polar surface area (TPSA) is 81.9 Å². The molecule has 0 fully saturated rings. The van der Waals surface area contributed by atoms with Gasteiger partial charge in [-0.1, -0.05) is 0 Å². The summed E-state index contributed by atoms with van der Waals surface area (Å²) in [6, 6.07) is 4.66. The Morgan fingerprint density at radius 2 is 2.18 bits per heavy atom. The minimum atomic E-state index is -0.449. The number of nitro groups is 1. The van der Waals surface area contributed by atoms with E-state index in [1.807, 2.05) is 4.90 Å². The smallest absolute Gasteiger partial charge is 0.335 e. The zero-order valence-electron chi connectivity index (χ0n) is 12.6. The van der Waals surface area contributed by atoms with Crippen LogP contribution >= 0.6 is 0 Å². The molecule has 0 radical (unpaired) electrons. The summed E-state index contributed by atoms with van der Waals surface area (Å²) in [6.07, 6.45) is 2.45. The Morgan fingerprint density at radius 1 is 1.41 bits per heavy atom. The van der Waals surface area contributed by atoms with Gasteiger partial charge in [-0.2, -0.15) is 0 Å². The lowest BCUT2D eigenvalue weighted by atomic mass is 10.0. The number of anilines is 1. The van der Waals surface area contributed by atoms with E-state index in [4.69, 9.17) is 9.47 Å². The first-order chi connectivity index (χ1) is 10.6. The van der Waals surface area contributed by atoms with Crippen LogP contribution < -0.4 is 4.90 Å². The van der Waals surface area contributed by atoms with Crippen LogP contribution in [0.5, 0.6) is 0 Å². The molecule has 1 aliphatic rings. The van der Waals surface area contributed by atoms with Crippen LogP contribution in [0.1, 0.15) is 12.0 Å². The molecule has 1 heterocycles. The Labute approximate surface area is 128 Å². The molecule has 0 bridgehead atoms. The number of carbonyl (C=O) groups excluding carboxylic acids is 1. The van der Waals surface area contributed by atoms with Crippen molar-refractivity contribution in [2.45, 2.75) is 6.42 Å². The number of non-ortho nitro benzene ring substituents is 1. The lowest BCUT2D eigenvalue weighted by molar-refractivity contribution is -0.384. The van der Waals surface area contributed by atoms with Crippen molar-refractivity contribution >= 4 is 23.4 Å². The molecule has 0 aliphatic carbocycles. The van der Waals surface area contributed by atoms with Crippen molar-refractivity contribution in [1.29, 1.82) is 0 Å². The van der Waals surface area contributed by atoms with Crippen LogP contribution in [0, 0.1) is 10.1 Å². The van der Waals surface area contributed by atoms with E-state index >= 15 is 0 Å². The van der Waals surface area contributed by atoms with Crippen LogP contribution in [-0.2, 0) is 14.3 Å². The van der Waals surface area contributed by atoms with Gasteiger partial charge >= 0.3 is 5.97 Å². The van der Waals surface area contributed by atoms with E-state index in [1.54, 1.807) is 19.3 Å². The third-order valence-corrected chi connectivity index (χ3v) is 3.48. The third-order valence-electron chi connectivity index (χ3n) is 3.48. The van der Waals surface area contributed by atoms with Gasteiger partial charge in [0.05, 0.1) is 24.2 Å². The standard InChI is InChI=1S/C15H18N2O5/c1-21-7-3-6-16-10-12(15(18)22-2)8-11-9-13(17(19)20)4-5-14(11)16/h4-5,8-9H,3,6-7,10H2,1-2H3. The maximum atomic E-state index is 11.8. The first-order valence-corrected chi connectivity index (χ1v) is 6.88. The highest BCUT2D eigenvalue weighted by atomic mass is 16.6. The quantitative estimate of drug-likeness (QED) is 0.346. The summed E-state index contributed by atoms with van der Waals surface area (Å²) >= 11 is 0. The molecular formula is C15H18N2O5. The van der Waals surface area contributed by atoms with Gasteiger partial charge in [0.2, 0.25) is 0 Å². The molecule has 7 nitrogen and oxygen atoms in total. The fourth-order valence-corrected chi connectivity index (χ4v) is 2.44. The van der Waals surface area contributed by atoms with E-state index in [1.165, 1.54) is 19.2 Å². The number of benzene rings is 1. The zero-order valence-corrected chi connectivity index (χ0v) is 12.6. The van der Waals surface area contributed by atoms with E-state index < -0.39 is 10.9 Å². The SMILES string of the molecule is COCCCN1CC(C(=O)OC)=Cc2cc([N+](=O)[O-])ccc21. The van der Waals surface area contributed by atoms with Gasteiger partial charge in [-0.05, 0) is 18.6 Å². The van der Waals surface area contributed by atoms with Crippen LogP contribution in [0.2, 0.25) is 0 Å². The van der Waals surface area contributed by atoms with E-state index in [-0.39, 0.29) is 5.69 Å². The average Bonchev–Trinajstić information content (AvgIpc) is 2.53. The zero-order chi connectivity index (χ0) is 16.1. The highest BCUT2D eigenvalue weighted by Gasteiger charge is 2.23. The fraction of sp³-hybridized carbons (Fsp3) is 0.400. The number of rotatable bonds is 6. The van der Waals surface area contributed by atoms with Crippen molar-refractivity contribution < 1.29 is 19.2 Å². The molecule has 1 aliphatic heterocycles. The molecule has 118 valence electrons. The number of esters is 1. The van der Waals surface area contributed by atoms with Gasteiger partial charge in [0.25, 0.3) is 5.69 Å². The van der Waals surface area contributed by atoms with E-state index in [0.717, 1.165) is 12.1 Å². The lowest BCUT2D eigenvalue weighted by Gasteiger charge is -2.30. The monoisotopic (exact) mass is 306 g/mol. The summed E-state index contributed by atoms with van der Waals surface area (Å²) in [5, 5.41) is 10.9. The van der Waals surface area contributed by atoms with Crippen molar-refractivity contribution in [3.63, 3.8) is 0 Å².